The van der Waals surface area contributed by atoms with Gasteiger partial charge in [0.05, 0.1) is 25.6 Å². The molecule has 0 aromatic heterocycles. The Morgan fingerprint density at radius 3 is 2.58 bits per heavy atom. The molecule has 6 nitrogen and oxygen atoms in total. The molecule has 1 amide bonds. The minimum Gasteiger partial charge on any atom is -0.492 e. The second kappa shape index (κ2) is 9.93. The van der Waals surface area contributed by atoms with Crippen molar-refractivity contribution in [3.05, 3.63) is 30.3 Å². The maximum atomic E-state index is 11.9. The lowest BCUT2D eigenvalue weighted by molar-refractivity contribution is -0.149. The van der Waals surface area contributed by atoms with Crippen molar-refractivity contribution in [2.45, 2.75) is 19.8 Å². The topological polar surface area (TPSA) is 67.9 Å². The monoisotopic (exact) mass is 334 g/mol. The van der Waals surface area contributed by atoms with Gasteiger partial charge in [-0.3, -0.25) is 14.5 Å². The fourth-order valence-corrected chi connectivity index (χ4v) is 2.72. The number of nitrogens with one attached hydrogen (secondary N) is 1. The number of rotatable bonds is 8. The molecule has 1 aliphatic heterocycles. The Kier molecular flexibility index (Phi) is 7.55. The highest BCUT2D eigenvalue weighted by Crippen LogP contribution is 2.18. The van der Waals surface area contributed by atoms with Gasteiger partial charge in [-0.25, -0.2) is 0 Å². The molecule has 0 radical (unpaired) electrons. The van der Waals surface area contributed by atoms with Gasteiger partial charge < -0.3 is 14.8 Å². The van der Waals surface area contributed by atoms with Crippen LogP contribution in [-0.4, -0.2) is 56.2 Å². The fourth-order valence-electron chi connectivity index (χ4n) is 2.72. The number of likely N-dealkylation sites (tertiary alicyclic amines) is 1. The van der Waals surface area contributed by atoms with Crippen LogP contribution in [0.3, 0.4) is 0 Å². The number of amides is 1. The van der Waals surface area contributed by atoms with Crippen molar-refractivity contribution < 1.29 is 19.1 Å². The zero-order valence-electron chi connectivity index (χ0n) is 14.2. The van der Waals surface area contributed by atoms with Gasteiger partial charge in [-0.1, -0.05) is 18.2 Å². The van der Waals surface area contributed by atoms with E-state index in [1.165, 1.54) is 0 Å². The molecule has 1 heterocycles. The molecule has 0 spiro atoms. The van der Waals surface area contributed by atoms with Crippen molar-refractivity contribution in [1.29, 1.82) is 0 Å². The third kappa shape index (κ3) is 6.20. The lowest BCUT2D eigenvalue weighted by atomic mass is 9.97. The zero-order chi connectivity index (χ0) is 17.2. The Labute approximate surface area is 143 Å². The van der Waals surface area contributed by atoms with Crippen LogP contribution in [-0.2, 0) is 14.3 Å². The molecule has 132 valence electrons. The SMILES string of the molecule is CCOC(=O)C1CCN(CC(=O)NCCOc2ccccc2)CC1. The second-order valence-corrected chi connectivity index (χ2v) is 5.81. The van der Waals surface area contributed by atoms with Gasteiger partial charge in [0.1, 0.15) is 12.4 Å². The molecule has 0 atom stereocenters. The van der Waals surface area contributed by atoms with Crippen LogP contribution in [0, 0.1) is 5.92 Å². The second-order valence-electron chi connectivity index (χ2n) is 5.81. The van der Waals surface area contributed by atoms with Gasteiger partial charge >= 0.3 is 5.97 Å². The molecule has 1 aliphatic rings. The highest BCUT2D eigenvalue weighted by Gasteiger charge is 2.26. The molecule has 2 rings (SSSR count). The molecular weight excluding hydrogens is 308 g/mol. The van der Waals surface area contributed by atoms with E-state index >= 15 is 0 Å². The summed E-state index contributed by atoms with van der Waals surface area (Å²) in [6.07, 6.45) is 1.51. The Balaban J connectivity index is 1.57. The third-order valence-electron chi connectivity index (χ3n) is 4.01. The number of ether oxygens (including phenoxy) is 2. The Hall–Kier alpha value is -2.08. The first-order valence-electron chi connectivity index (χ1n) is 8.52. The first kappa shape index (κ1) is 18.3. The molecule has 1 saturated heterocycles. The van der Waals surface area contributed by atoms with E-state index < -0.39 is 0 Å². The van der Waals surface area contributed by atoms with Gasteiger partial charge in [0.2, 0.25) is 5.91 Å². The van der Waals surface area contributed by atoms with Crippen molar-refractivity contribution in [3.63, 3.8) is 0 Å². The van der Waals surface area contributed by atoms with Crippen LogP contribution in [0.15, 0.2) is 30.3 Å². The summed E-state index contributed by atoms with van der Waals surface area (Å²) in [6, 6.07) is 9.52. The molecule has 24 heavy (non-hydrogen) atoms. The van der Waals surface area contributed by atoms with E-state index in [1.54, 1.807) is 0 Å². The van der Waals surface area contributed by atoms with Gasteiger partial charge in [-0.15, -0.1) is 0 Å². The smallest absolute Gasteiger partial charge is 0.309 e. The van der Waals surface area contributed by atoms with Crippen LogP contribution in [0.1, 0.15) is 19.8 Å². The summed E-state index contributed by atoms with van der Waals surface area (Å²) >= 11 is 0. The third-order valence-corrected chi connectivity index (χ3v) is 4.01. The van der Waals surface area contributed by atoms with Crippen molar-refractivity contribution in [2.75, 3.05) is 39.4 Å². The molecule has 0 unspecified atom stereocenters. The maximum Gasteiger partial charge on any atom is 0.309 e. The summed E-state index contributed by atoms with van der Waals surface area (Å²) in [4.78, 5) is 25.7. The Morgan fingerprint density at radius 2 is 1.92 bits per heavy atom. The summed E-state index contributed by atoms with van der Waals surface area (Å²) in [7, 11) is 0. The number of benzene rings is 1. The molecule has 0 bridgehead atoms. The number of hydrogen-bond acceptors (Lipinski definition) is 5. The van der Waals surface area contributed by atoms with E-state index in [-0.39, 0.29) is 17.8 Å². The Bertz CT molecular complexity index is 513. The molecule has 1 aromatic rings. The number of carbonyl (C=O) groups excluding carboxylic acids is 2. The first-order chi connectivity index (χ1) is 11.7. The molecule has 6 heteroatoms. The average molecular weight is 334 g/mol. The van der Waals surface area contributed by atoms with Gasteiger partial charge in [0, 0.05) is 0 Å². The average Bonchev–Trinajstić information content (AvgIpc) is 2.60. The number of para-hydroxylation sites is 1. The van der Waals surface area contributed by atoms with E-state index in [0.717, 1.165) is 31.7 Å². The van der Waals surface area contributed by atoms with Crippen molar-refractivity contribution in [3.8, 4) is 5.75 Å². The summed E-state index contributed by atoms with van der Waals surface area (Å²) in [6.45, 7) is 5.02. The van der Waals surface area contributed by atoms with E-state index in [0.29, 0.717) is 26.3 Å². The van der Waals surface area contributed by atoms with Gasteiger partial charge in [-0.05, 0) is 45.0 Å². The van der Waals surface area contributed by atoms with Gasteiger partial charge in [0.15, 0.2) is 0 Å². The van der Waals surface area contributed by atoms with E-state index in [1.807, 2.05) is 37.3 Å². The summed E-state index contributed by atoms with van der Waals surface area (Å²) in [5.74, 6) is 0.650. The number of esters is 1. The van der Waals surface area contributed by atoms with Crippen LogP contribution < -0.4 is 10.1 Å². The summed E-state index contributed by atoms with van der Waals surface area (Å²) in [5.41, 5.74) is 0. The van der Waals surface area contributed by atoms with Crippen LogP contribution in [0.4, 0.5) is 0 Å². The van der Waals surface area contributed by atoms with Crippen LogP contribution >= 0.6 is 0 Å². The van der Waals surface area contributed by atoms with Crippen LogP contribution in [0.2, 0.25) is 0 Å². The molecule has 1 aromatic carbocycles. The first-order valence-corrected chi connectivity index (χ1v) is 8.52. The van der Waals surface area contributed by atoms with E-state index in [2.05, 4.69) is 10.2 Å². The lowest BCUT2D eigenvalue weighted by Crippen LogP contribution is -2.43. The van der Waals surface area contributed by atoms with Crippen molar-refractivity contribution in [2.24, 2.45) is 5.92 Å². The summed E-state index contributed by atoms with van der Waals surface area (Å²) < 4.78 is 10.6. The predicted molar refractivity (Wildman–Crippen MR) is 90.7 cm³/mol. The van der Waals surface area contributed by atoms with Crippen molar-refractivity contribution >= 4 is 11.9 Å². The minimum absolute atomic E-state index is 0.0127. The number of carbonyl (C=O) groups is 2. The molecule has 0 aliphatic carbocycles. The standard InChI is InChI=1S/C18H26N2O4/c1-2-23-18(22)15-8-11-20(12-9-15)14-17(21)19-10-13-24-16-6-4-3-5-7-16/h3-7,15H,2,8-14H2,1H3,(H,19,21). The van der Waals surface area contributed by atoms with Crippen LogP contribution in [0.25, 0.3) is 0 Å². The minimum atomic E-state index is -0.111. The van der Waals surface area contributed by atoms with Gasteiger partial charge in [0.25, 0.3) is 0 Å². The molecule has 1 fully saturated rings. The zero-order valence-corrected chi connectivity index (χ0v) is 14.2. The predicted octanol–water partition coefficient (Wildman–Crippen LogP) is 1.46. The van der Waals surface area contributed by atoms with E-state index in [9.17, 15) is 9.59 Å². The van der Waals surface area contributed by atoms with Crippen molar-refractivity contribution in [1.82, 2.24) is 10.2 Å². The highest BCUT2D eigenvalue weighted by molar-refractivity contribution is 5.78. The molecular formula is C18H26N2O4. The molecule has 1 N–H and O–H groups in total. The normalized spacial score (nSPS) is 15.7. The van der Waals surface area contributed by atoms with Crippen LogP contribution in [0.5, 0.6) is 5.75 Å². The number of nitrogens with zero attached hydrogens (tertiary/aromatic N) is 1. The largest absolute Gasteiger partial charge is 0.492 e. The number of hydrogen-bond donors (Lipinski definition) is 1. The molecule has 0 saturated carbocycles. The highest BCUT2D eigenvalue weighted by atomic mass is 16.5. The number of piperidine rings is 1. The quantitative estimate of drug-likeness (QED) is 0.576. The fraction of sp³-hybridized carbons (Fsp3) is 0.556. The lowest BCUT2D eigenvalue weighted by Gasteiger charge is -2.30. The van der Waals surface area contributed by atoms with E-state index in [4.69, 9.17) is 9.47 Å². The Morgan fingerprint density at radius 1 is 1.21 bits per heavy atom. The maximum absolute atomic E-state index is 11.9. The van der Waals surface area contributed by atoms with Gasteiger partial charge in [-0.2, -0.15) is 0 Å². The summed E-state index contributed by atoms with van der Waals surface area (Å²) in [5, 5.41) is 2.86.